The van der Waals surface area contributed by atoms with E-state index in [9.17, 15) is 22.8 Å². The summed E-state index contributed by atoms with van der Waals surface area (Å²) >= 11 is 0. The molecule has 0 atom stereocenters. The number of carbonyl (C=O) groups excluding carboxylic acids is 2. The molecule has 1 fully saturated rings. The number of benzene rings is 2. The van der Waals surface area contributed by atoms with Crippen LogP contribution < -0.4 is 10.4 Å². The van der Waals surface area contributed by atoms with Gasteiger partial charge in [0, 0.05) is 0 Å². The van der Waals surface area contributed by atoms with Gasteiger partial charge in [-0.25, -0.2) is 5.01 Å². The molecular weight excluding hydrogens is 321 g/mol. The van der Waals surface area contributed by atoms with Crippen LogP contribution in [0.15, 0.2) is 60.2 Å². The van der Waals surface area contributed by atoms with Gasteiger partial charge in [0.2, 0.25) is 0 Å². The molecule has 1 heterocycles. The van der Waals surface area contributed by atoms with Crippen molar-refractivity contribution in [2.75, 3.05) is 5.01 Å². The number of amides is 2. The Kier molecular flexibility index (Phi) is 3.84. The third kappa shape index (κ3) is 3.01. The molecule has 2 amide bonds. The lowest BCUT2D eigenvalue weighted by Gasteiger charge is -2.13. The Morgan fingerprint density at radius 2 is 1.67 bits per heavy atom. The van der Waals surface area contributed by atoms with Crippen molar-refractivity contribution in [3.05, 3.63) is 71.3 Å². The molecule has 0 spiro atoms. The zero-order chi connectivity index (χ0) is 17.3. The number of nitrogens with zero attached hydrogens (tertiary/aromatic N) is 1. The molecule has 24 heavy (non-hydrogen) atoms. The van der Waals surface area contributed by atoms with Crippen molar-refractivity contribution < 1.29 is 22.8 Å². The van der Waals surface area contributed by atoms with Gasteiger partial charge in [-0.1, -0.05) is 30.3 Å². The van der Waals surface area contributed by atoms with Crippen molar-refractivity contribution in [3.63, 3.8) is 0 Å². The summed E-state index contributed by atoms with van der Waals surface area (Å²) < 4.78 is 38.2. The second-order valence-corrected chi connectivity index (χ2v) is 5.10. The molecule has 1 aliphatic rings. The van der Waals surface area contributed by atoms with Crippen LogP contribution in [0, 0.1) is 0 Å². The van der Waals surface area contributed by atoms with E-state index in [1.165, 1.54) is 12.1 Å². The molecule has 1 N–H and O–H groups in total. The first-order valence-electron chi connectivity index (χ1n) is 6.96. The number of nitrogens with one attached hydrogen (secondary N) is 1. The van der Waals surface area contributed by atoms with Crippen molar-refractivity contribution in [3.8, 4) is 0 Å². The molecule has 0 bridgehead atoms. The summed E-state index contributed by atoms with van der Waals surface area (Å²) in [7, 11) is 0. The summed E-state index contributed by atoms with van der Waals surface area (Å²) in [5, 5.41) is 1.06. The molecule has 3 rings (SSSR count). The molecule has 4 nitrogen and oxygen atoms in total. The van der Waals surface area contributed by atoms with Crippen LogP contribution in [-0.2, 0) is 15.8 Å². The van der Waals surface area contributed by atoms with E-state index in [2.05, 4.69) is 5.43 Å². The Morgan fingerprint density at radius 1 is 0.958 bits per heavy atom. The molecule has 0 unspecified atom stereocenters. The lowest BCUT2D eigenvalue weighted by Crippen LogP contribution is -2.35. The maximum atomic E-state index is 12.7. The first-order valence-corrected chi connectivity index (χ1v) is 6.96. The SMILES string of the molecule is O=C1NN(c2ccccc2)C(=O)/C1=C/c1cccc(C(F)(F)F)c1. The fourth-order valence-corrected chi connectivity index (χ4v) is 2.29. The quantitative estimate of drug-likeness (QED) is 0.678. The van der Waals surface area contributed by atoms with Gasteiger partial charge in [0.05, 0.1) is 11.3 Å². The van der Waals surface area contributed by atoms with Crippen LogP contribution in [0.2, 0.25) is 0 Å². The zero-order valence-corrected chi connectivity index (χ0v) is 12.2. The number of para-hydroxylation sites is 1. The monoisotopic (exact) mass is 332 g/mol. The van der Waals surface area contributed by atoms with E-state index in [0.29, 0.717) is 5.69 Å². The lowest BCUT2D eigenvalue weighted by atomic mass is 10.1. The van der Waals surface area contributed by atoms with Gasteiger partial charge in [0.15, 0.2) is 0 Å². The van der Waals surface area contributed by atoms with Crippen LogP contribution in [0.3, 0.4) is 0 Å². The normalized spacial score (nSPS) is 16.6. The fourth-order valence-electron chi connectivity index (χ4n) is 2.29. The molecule has 0 aromatic heterocycles. The zero-order valence-electron chi connectivity index (χ0n) is 12.2. The van der Waals surface area contributed by atoms with Gasteiger partial charge in [0.1, 0.15) is 5.57 Å². The van der Waals surface area contributed by atoms with Crippen LogP contribution in [-0.4, -0.2) is 11.8 Å². The van der Waals surface area contributed by atoms with Crippen LogP contribution in [0.1, 0.15) is 11.1 Å². The van der Waals surface area contributed by atoms with Gasteiger partial charge in [-0.3, -0.25) is 15.0 Å². The number of hydrogen-bond acceptors (Lipinski definition) is 2. The van der Waals surface area contributed by atoms with E-state index < -0.39 is 23.6 Å². The topological polar surface area (TPSA) is 49.4 Å². The number of halogens is 3. The van der Waals surface area contributed by atoms with Crippen LogP contribution in [0.25, 0.3) is 6.08 Å². The Morgan fingerprint density at radius 3 is 2.33 bits per heavy atom. The molecular formula is C17H11F3N2O2. The summed E-state index contributed by atoms with van der Waals surface area (Å²) in [4.78, 5) is 24.3. The van der Waals surface area contributed by atoms with Crippen molar-refractivity contribution in [1.29, 1.82) is 0 Å². The summed E-state index contributed by atoms with van der Waals surface area (Å²) in [5.41, 5.74) is 1.91. The highest BCUT2D eigenvalue weighted by atomic mass is 19.4. The number of anilines is 1. The lowest BCUT2D eigenvalue weighted by molar-refractivity contribution is -0.137. The largest absolute Gasteiger partial charge is 0.416 e. The Balaban J connectivity index is 1.94. The third-order valence-corrected chi connectivity index (χ3v) is 3.43. The van der Waals surface area contributed by atoms with Crippen LogP contribution in [0.5, 0.6) is 0 Å². The molecule has 0 saturated carbocycles. The summed E-state index contributed by atoms with van der Waals surface area (Å²) in [6, 6.07) is 12.8. The van der Waals surface area contributed by atoms with Gasteiger partial charge in [0.25, 0.3) is 11.8 Å². The number of hydrogen-bond donors (Lipinski definition) is 1. The first-order chi connectivity index (χ1) is 11.4. The van der Waals surface area contributed by atoms with E-state index >= 15 is 0 Å². The maximum Gasteiger partial charge on any atom is 0.416 e. The highest BCUT2D eigenvalue weighted by Crippen LogP contribution is 2.30. The maximum absolute atomic E-state index is 12.7. The Bertz CT molecular complexity index is 829. The van der Waals surface area contributed by atoms with E-state index in [0.717, 1.165) is 23.2 Å². The standard InChI is InChI=1S/C17H11F3N2O2/c18-17(19,20)12-6-4-5-11(9-12)10-14-15(23)21-22(16(14)24)13-7-2-1-3-8-13/h1-10H,(H,21,23)/b14-10+. The average molecular weight is 332 g/mol. The smallest absolute Gasteiger partial charge is 0.267 e. The molecule has 7 heteroatoms. The molecule has 1 saturated heterocycles. The minimum atomic E-state index is -4.49. The summed E-state index contributed by atoms with van der Waals surface area (Å²) in [5.74, 6) is -1.29. The van der Waals surface area contributed by atoms with E-state index in [1.807, 2.05) is 0 Å². The van der Waals surface area contributed by atoms with E-state index in [-0.39, 0.29) is 11.1 Å². The van der Waals surface area contributed by atoms with E-state index in [1.54, 1.807) is 30.3 Å². The average Bonchev–Trinajstić information content (AvgIpc) is 2.83. The van der Waals surface area contributed by atoms with Gasteiger partial charge < -0.3 is 0 Å². The van der Waals surface area contributed by atoms with Crippen molar-refractivity contribution in [2.45, 2.75) is 6.18 Å². The van der Waals surface area contributed by atoms with Crippen LogP contribution >= 0.6 is 0 Å². The molecule has 2 aromatic carbocycles. The first kappa shape index (κ1) is 15.8. The third-order valence-electron chi connectivity index (χ3n) is 3.43. The highest BCUT2D eigenvalue weighted by molar-refractivity contribution is 6.31. The van der Waals surface area contributed by atoms with Gasteiger partial charge in [-0.2, -0.15) is 13.2 Å². The summed E-state index contributed by atoms with van der Waals surface area (Å²) in [6.07, 6.45) is -3.34. The molecule has 122 valence electrons. The fraction of sp³-hybridized carbons (Fsp3) is 0.0588. The predicted octanol–water partition coefficient (Wildman–Crippen LogP) is 3.17. The molecule has 2 aromatic rings. The van der Waals surface area contributed by atoms with Crippen LogP contribution in [0.4, 0.5) is 18.9 Å². The predicted molar refractivity (Wildman–Crippen MR) is 81.5 cm³/mol. The van der Waals surface area contributed by atoms with Gasteiger partial charge in [-0.15, -0.1) is 0 Å². The van der Waals surface area contributed by atoms with Crippen molar-refractivity contribution in [1.82, 2.24) is 5.43 Å². The Labute approximate surface area is 135 Å². The van der Waals surface area contributed by atoms with Gasteiger partial charge >= 0.3 is 6.18 Å². The second kappa shape index (κ2) is 5.84. The molecule has 1 aliphatic heterocycles. The second-order valence-electron chi connectivity index (χ2n) is 5.10. The minimum absolute atomic E-state index is 0.123. The number of hydrazine groups is 1. The highest BCUT2D eigenvalue weighted by Gasteiger charge is 2.35. The molecule has 0 aliphatic carbocycles. The summed E-state index contributed by atoms with van der Waals surface area (Å²) in [6.45, 7) is 0. The minimum Gasteiger partial charge on any atom is -0.267 e. The Hall–Kier alpha value is -3.09. The number of rotatable bonds is 2. The van der Waals surface area contributed by atoms with Crippen molar-refractivity contribution >= 4 is 23.6 Å². The van der Waals surface area contributed by atoms with Crippen molar-refractivity contribution in [2.24, 2.45) is 0 Å². The van der Waals surface area contributed by atoms with E-state index in [4.69, 9.17) is 0 Å². The van der Waals surface area contributed by atoms with Gasteiger partial charge in [-0.05, 0) is 35.9 Å². The number of alkyl halides is 3. The molecule has 0 radical (unpaired) electrons. The number of carbonyl (C=O) groups is 2.